The number of rotatable bonds is 4. The Balaban J connectivity index is 1.83. The normalized spacial score (nSPS) is 17.6. The van der Waals surface area contributed by atoms with E-state index in [1.165, 1.54) is 0 Å². The SMILES string of the molecule is Cc1cc(Br)cc(N)c1OCCN1CCN(C)CC1. The predicted octanol–water partition coefficient (Wildman–Crippen LogP) is 1.97. The molecule has 0 aliphatic carbocycles. The Morgan fingerprint density at radius 1 is 1.26 bits per heavy atom. The summed E-state index contributed by atoms with van der Waals surface area (Å²) in [5, 5.41) is 0. The number of nitrogens with two attached hydrogens (primary N) is 1. The lowest BCUT2D eigenvalue weighted by molar-refractivity contribution is 0.134. The van der Waals surface area contributed by atoms with Crippen molar-refractivity contribution in [2.45, 2.75) is 6.92 Å². The molecular weight excluding hydrogens is 306 g/mol. The minimum atomic E-state index is 0.691. The first kappa shape index (κ1) is 14.6. The number of nitrogen functional groups attached to an aromatic ring is 1. The number of benzene rings is 1. The van der Waals surface area contributed by atoms with Crippen LogP contribution in [-0.4, -0.2) is 56.2 Å². The van der Waals surface area contributed by atoms with Gasteiger partial charge in [-0.3, -0.25) is 4.90 Å². The van der Waals surface area contributed by atoms with Crippen molar-refractivity contribution in [1.29, 1.82) is 0 Å². The molecule has 0 unspecified atom stereocenters. The van der Waals surface area contributed by atoms with Crippen LogP contribution in [0.15, 0.2) is 16.6 Å². The Kier molecular flexibility index (Phi) is 5.07. The van der Waals surface area contributed by atoms with Crippen LogP contribution in [0.3, 0.4) is 0 Å². The number of hydrogen-bond donors (Lipinski definition) is 1. The molecule has 1 aromatic rings. The lowest BCUT2D eigenvalue weighted by atomic mass is 10.2. The second kappa shape index (κ2) is 6.59. The maximum atomic E-state index is 5.98. The number of aryl methyl sites for hydroxylation is 1. The van der Waals surface area contributed by atoms with Crippen molar-refractivity contribution in [2.24, 2.45) is 0 Å². The molecule has 106 valence electrons. The highest BCUT2D eigenvalue weighted by Crippen LogP contribution is 2.29. The van der Waals surface area contributed by atoms with E-state index in [1.54, 1.807) is 0 Å². The Hall–Kier alpha value is -0.780. The minimum Gasteiger partial charge on any atom is -0.490 e. The third-order valence-electron chi connectivity index (χ3n) is 3.52. The van der Waals surface area contributed by atoms with Crippen LogP contribution in [0, 0.1) is 6.92 Å². The highest BCUT2D eigenvalue weighted by atomic mass is 79.9. The Bertz CT molecular complexity index is 408. The molecule has 0 saturated carbocycles. The van der Waals surface area contributed by atoms with E-state index in [2.05, 4.69) is 32.8 Å². The molecule has 4 nitrogen and oxygen atoms in total. The van der Waals surface area contributed by atoms with Crippen LogP contribution in [0.25, 0.3) is 0 Å². The molecule has 0 bridgehead atoms. The standard InChI is InChI=1S/C14H22BrN3O/c1-11-9-12(15)10-13(16)14(11)19-8-7-18-5-3-17(2)4-6-18/h9-10H,3-8,16H2,1-2H3. The van der Waals surface area contributed by atoms with Crippen molar-refractivity contribution < 1.29 is 4.74 Å². The van der Waals surface area contributed by atoms with E-state index >= 15 is 0 Å². The van der Waals surface area contributed by atoms with Crippen molar-refractivity contribution in [1.82, 2.24) is 9.80 Å². The maximum absolute atomic E-state index is 5.98. The van der Waals surface area contributed by atoms with Crippen LogP contribution in [0.5, 0.6) is 5.75 Å². The quantitative estimate of drug-likeness (QED) is 0.858. The van der Waals surface area contributed by atoms with Crippen molar-refractivity contribution in [3.63, 3.8) is 0 Å². The number of halogens is 1. The van der Waals surface area contributed by atoms with E-state index in [0.717, 1.165) is 48.5 Å². The van der Waals surface area contributed by atoms with Crippen molar-refractivity contribution >= 4 is 21.6 Å². The number of ether oxygens (including phenoxy) is 1. The number of hydrogen-bond acceptors (Lipinski definition) is 4. The monoisotopic (exact) mass is 327 g/mol. The van der Waals surface area contributed by atoms with Gasteiger partial charge in [0.25, 0.3) is 0 Å². The summed E-state index contributed by atoms with van der Waals surface area (Å²) in [5.41, 5.74) is 7.76. The first-order chi connectivity index (χ1) is 9.06. The van der Waals surface area contributed by atoms with Crippen molar-refractivity contribution in [2.75, 3.05) is 52.1 Å². The first-order valence-electron chi connectivity index (χ1n) is 6.65. The average Bonchev–Trinajstić information content (AvgIpc) is 2.34. The zero-order valence-corrected chi connectivity index (χ0v) is 13.2. The third kappa shape index (κ3) is 4.09. The zero-order chi connectivity index (χ0) is 13.8. The third-order valence-corrected chi connectivity index (χ3v) is 3.98. The van der Waals surface area contributed by atoms with Gasteiger partial charge in [-0.2, -0.15) is 0 Å². The molecule has 0 atom stereocenters. The average molecular weight is 328 g/mol. The molecule has 5 heteroatoms. The number of anilines is 1. The summed E-state index contributed by atoms with van der Waals surface area (Å²) in [7, 11) is 2.17. The molecule has 0 amide bonds. The van der Waals surface area contributed by atoms with E-state index in [4.69, 9.17) is 10.5 Å². The summed E-state index contributed by atoms with van der Waals surface area (Å²) in [6.45, 7) is 8.19. The second-order valence-corrected chi connectivity index (χ2v) is 6.05. The highest BCUT2D eigenvalue weighted by molar-refractivity contribution is 9.10. The molecule has 19 heavy (non-hydrogen) atoms. The maximum Gasteiger partial charge on any atom is 0.145 e. The van der Waals surface area contributed by atoms with Crippen LogP contribution in [0.2, 0.25) is 0 Å². The molecule has 1 aliphatic heterocycles. The number of likely N-dealkylation sites (N-methyl/N-ethyl adjacent to an activating group) is 1. The summed E-state index contributed by atoms with van der Waals surface area (Å²) < 4.78 is 6.85. The Morgan fingerprint density at radius 2 is 1.95 bits per heavy atom. The van der Waals surface area contributed by atoms with Gasteiger partial charge in [0.1, 0.15) is 12.4 Å². The van der Waals surface area contributed by atoms with Gasteiger partial charge in [-0.05, 0) is 31.7 Å². The highest BCUT2D eigenvalue weighted by Gasteiger charge is 2.14. The van der Waals surface area contributed by atoms with Gasteiger partial charge >= 0.3 is 0 Å². The van der Waals surface area contributed by atoms with Crippen molar-refractivity contribution in [3.05, 3.63) is 22.2 Å². The van der Waals surface area contributed by atoms with Crippen LogP contribution < -0.4 is 10.5 Å². The summed E-state index contributed by atoms with van der Waals surface area (Å²) in [4.78, 5) is 4.79. The van der Waals surface area contributed by atoms with Gasteiger partial charge in [-0.15, -0.1) is 0 Å². The molecule has 0 aromatic heterocycles. The molecule has 1 aliphatic rings. The summed E-state index contributed by atoms with van der Waals surface area (Å²) >= 11 is 3.44. The fraction of sp³-hybridized carbons (Fsp3) is 0.571. The zero-order valence-electron chi connectivity index (χ0n) is 11.7. The van der Waals surface area contributed by atoms with E-state index in [-0.39, 0.29) is 0 Å². The van der Waals surface area contributed by atoms with Gasteiger partial charge in [0.2, 0.25) is 0 Å². The fourth-order valence-corrected chi connectivity index (χ4v) is 2.89. The molecule has 1 aromatic carbocycles. The molecule has 0 radical (unpaired) electrons. The van der Waals surface area contributed by atoms with Crippen LogP contribution in [-0.2, 0) is 0 Å². The molecule has 2 rings (SSSR count). The van der Waals surface area contributed by atoms with Gasteiger partial charge in [0.05, 0.1) is 5.69 Å². The van der Waals surface area contributed by atoms with Crippen molar-refractivity contribution in [3.8, 4) is 5.75 Å². The lowest BCUT2D eigenvalue weighted by Crippen LogP contribution is -2.45. The molecule has 1 saturated heterocycles. The van der Waals surface area contributed by atoms with E-state index < -0.39 is 0 Å². The lowest BCUT2D eigenvalue weighted by Gasteiger charge is -2.32. The van der Waals surface area contributed by atoms with Crippen LogP contribution in [0.4, 0.5) is 5.69 Å². The first-order valence-corrected chi connectivity index (χ1v) is 7.45. The van der Waals surface area contributed by atoms with Gasteiger partial charge in [0, 0.05) is 37.2 Å². The Morgan fingerprint density at radius 3 is 2.58 bits per heavy atom. The van der Waals surface area contributed by atoms with Crippen LogP contribution >= 0.6 is 15.9 Å². The minimum absolute atomic E-state index is 0.691. The van der Waals surface area contributed by atoms with E-state index in [0.29, 0.717) is 12.3 Å². The summed E-state index contributed by atoms with van der Waals surface area (Å²) in [5.74, 6) is 0.817. The largest absolute Gasteiger partial charge is 0.490 e. The number of nitrogens with zero attached hydrogens (tertiary/aromatic N) is 2. The molecule has 0 spiro atoms. The van der Waals surface area contributed by atoms with Gasteiger partial charge in [-0.1, -0.05) is 15.9 Å². The smallest absolute Gasteiger partial charge is 0.145 e. The Labute approximate surface area is 123 Å². The van der Waals surface area contributed by atoms with Gasteiger partial charge in [0.15, 0.2) is 0 Å². The summed E-state index contributed by atoms with van der Waals surface area (Å²) in [6.07, 6.45) is 0. The van der Waals surface area contributed by atoms with E-state index in [1.807, 2.05) is 19.1 Å². The molecular formula is C14H22BrN3O. The number of piperazine rings is 1. The van der Waals surface area contributed by atoms with Crippen LogP contribution in [0.1, 0.15) is 5.56 Å². The molecule has 1 fully saturated rings. The second-order valence-electron chi connectivity index (χ2n) is 5.13. The van der Waals surface area contributed by atoms with Gasteiger partial charge in [-0.25, -0.2) is 0 Å². The van der Waals surface area contributed by atoms with Gasteiger partial charge < -0.3 is 15.4 Å². The summed E-state index contributed by atoms with van der Waals surface area (Å²) in [6, 6.07) is 3.92. The topological polar surface area (TPSA) is 41.7 Å². The predicted molar refractivity (Wildman–Crippen MR) is 82.7 cm³/mol. The molecule has 2 N–H and O–H groups in total. The fourth-order valence-electron chi connectivity index (χ4n) is 2.30. The molecule has 1 heterocycles. The van der Waals surface area contributed by atoms with E-state index in [9.17, 15) is 0 Å².